The molecule has 2 heterocycles. The van der Waals surface area contributed by atoms with Crippen molar-refractivity contribution in [2.45, 2.75) is 24.9 Å². The second-order valence-corrected chi connectivity index (χ2v) is 10.4. The molecule has 3 atom stereocenters. The van der Waals surface area contributed by atoms with Gasteiger partial charge in [0.1, 0.15) is 0 Å². The number of hydrogen-bond acceptors (Lipinski definition) is 6. The van der Waals surface area contributed by atoms with Crippen LogP contribution >= 0.6 is 49.9 Å². The van der Waals surface area contributed by atoms with Crippen LogP contribution < -0.4 is 21.5 Å². The summed E-state index contributed by atoms with van der Waals surface area (Å²) in [5.74, 6) is -1.17. The number of benzene rings is 1. The number of carbonyl (C=O) groups excluding carboxylic acids is 3. The standard InChI is InChI=1S/C26H27ClN4O5S.2H2S/c1-36-13-11-28-24(33)17-14-19(20(15-17)30-26(35)21-9-10-22(27)37-21)29-25(34)16-5-7-18(8-6-16)31-12-3-2-4-23(31)32;;/h2-10,12,17,19-20H,11,13-15H2,1H3,(H,28,33)(H,29,34)(H,30,35);2*1H2/t17-,19-,20+;;/m0../s1. The van der Waals surface area contributed by atoms with Gasteiger partial charge in [0.15, 0.2) is 0 Å². The fourth-order valence-corrected chi connectivity index (χ4v) is 5.28. The van der Waals surface area contributed by atoms with Crippen LogP contribution in [0.5, 0.6) is 0 Å². The zero-order chi connectivity index (χ0) is 26.4. The van der Waals surface area contributed by atoms with E-state index in [0.717, 1.165) is 11.3 Å². The van der Waals surface area contributed by atoms with E-state index in [9.17, 15) is 19.2 Å². The lowest BCUT2D eigenvalue weighted by Crippen LogP contribution is -2.48. The van der Waals surface area contributed by atoms with Crippen LogP contribution in [-0.2, 0) is 9.53 Å². The monoisotopic (exact) mass is 610 g/mol. The van der Waals surface area contributed by atoms with Crippen molar-refractivity contribution < 1.29 is 19.1 Å². The Bertz CT molecular complexity index is 1330. The van der Waals surface area contributed by atoms with E-state index < -0.39 is 12.1 Å². The molecule has 39 heavy (non-hydrogen) atoms. The predicted molar refractivity (Wildman–Crippen MR) is 162 cm³/mol. The normalized spacial score (nSPS) is 17.8. The third-order valence-corrected chi connectivity index (χ3v) is 7.43. The number of hydrogen-bond donors (Lipinski definition) is 3. The smallest absolute Gasteiger partial charge is 0.261 e. The molecule has 210 valence electrons. The summed E-state index contributed by atoms with van der Waals surface area (Å²) in [6.45, 7) is 0.771. The van der Waals surface area contributed by atoms with Gasteiger partial charge in [0.05, 0.1) is 27.9 Å². The van der Waals surface area contributed by atoms with Crippen molar-refractivity contribution in [2.75, 3.05) is 20.3 Å². The molecule has 13 heteroatoms. The number of ether oxygens (including phenoxy) is 1. The van der Waals surface area contributed by atoms with Crippen molar-refractivity contribution in [1.82, 2.24) is 20.5 Å². The van der Waals surface area contributed by atoms with Gasteiger partial charge in [-0.3, -0.25) is 23.7 Å². The molecule has 0 saturated heterocycles. The first kappa shape index (κ1) is 32.4. The molecule has 1 aliphatic rings. The first-order chi connectivity index (χ1) is 17.9. The lowest BCUT2D eigenvalue weighted by Gasteiger charge is -2.22. The van der Waals surface area contributed by atoms with Crippen LogP contribution in [0.25, 0.3) is 5.69 Å². The molecule has 1 saturated carbocycles. The molecule has 3 N–H and O–H groups in total. The quantitative estimate of drug-likeness (QED) is 0.322. The molecule has 0 radical (unpaired) electrons. The van der Waals surface area contributed by atoms with Gasteiger partial charge in [-0.2, -0.15) is 27.0 Å². The first-order valence-electron chi connectivity index (χ1n) is 11.8. The number of halogens is 1. The van der Waals surface area contributed by atoms with Crippen LogP contribution in [0.4, 0.5) is 0 Å². The summed E-state index contributed by atoms with van der Waals surface area (Å²) < 4.78 is 6.97. The average Bonchev–Trinajstić information content (AvgIpc) is 3.51. The summed E-state index contributed by atoms with van der Waals surface area (Å²) in [6, 6.07) is 13.9. The number of methoxy groups -OCH3 is 1. The Morgan fingerprint density at radius 3 is 2.23 bits per heavy atom. The predicted octanol–water partition coefficient (Wildman–Crippen LogP) is 2.85. The lowest BCUT2D eigenvalue weighted by atomic mass is 10.1. The minimum Gasteiger partial charge on any atom is -0.383 e. The topological polar surface area (TPSA) is 119 Å². The van der Waals surface area contributed by atoms with Crippen LogP contribution in [0, 0.1) is 5.92 Å². The van der Waals surface area contributed by atoms with Crippen LogP contribution in [0.2, 0.25) is 4.34 Å². The summed E-state index contributed by atoms with van der Waals surface area (Å²) in [5.41, 5.74) is 0.859. The molecule has 0 aliphatic heterocycles. The van der Waals surface area contributed by atoms with E-state index in [1.807, 2.05) is 0 Å². The van der Waals surface area contributed by atoms with E-state index in [1.165, 1.54) is 10.6 Å². The van der Waals surface area contributed by atoms with Gasteiger partial charge in [0, 0.05) is 43.1 Å². The molecular weight excluding hydrogens is 580 g/mol. The maximum Gasteiger partial charge on any atom is 0.261 e. The van der Waals surface area contributed by atoms with E-state index in [2.05, 4.69) is 16.0 Å². The summed E-state index contributed by atoms with van der Waals surface area (Å²) in [5, 5.41) is 8.77. The van der Waals surface area contributed by atoms with Gasteiger partial charge in [0.2, 0.25) is 5.91 Å². The highest BCUT2D eigenvalue weighted by Gasteiger charge is 2.39. The number of amides is 3. The summed E-state index contributed by atoms with van der Waals surface area (Å²) in [4.78, 5) is 51.1. The van der Waals surface area contributed by atoms with Gasteiger partial charge >= 0.3 is 0 Å². The van der Waals surface area contributed by atoms with Gasteiger partial charge in [-0.15, -0.1) is 11.3 Å². The van der Waals surface area contributed by atoms with Crippen molar-refractivity contribution in [3.8, 4) is 5.69 Å². The Morgan fingerprint density at radius 1 is 0.974 bits per heavy atom. The first-order valence-corrected chi connectivity index (χ1v) is 13.0. The Balaban J connectivity index is 0.00000267. The van der Waals surface area contributed by atoms with Crippen LogP contribution in [-0.4, -0.2) is 54.6 Å². The van der Waals surface area contributed by atoms with Gasteiger partial charge in [0.25, 0.3) is 17.4 Å². The summed E-state index contributed by atoms with van der Waals surface area (Å²) >= 11 is 7.13. The van der Waals surface area contributed by atoms with E-state index in [4.69, 9.17) is 16.3 Å². The fourth-order valence-electron chi connectivity index (χ4n) is 4.33. The van der Waals surface area contributed by atoms with Crippen molar-refractivity contribution in [1.29, 1.82) is 0 Å². The second kappa shape index (κ2) is 15.1. The van der Waals surface area contributed by atoms with Gasteiger partial charge in [-0.25, -0.2) is 0 Å². The maximum absolute atomic E-state index is 13.1. The van der Waals surface area contributed by atoms with Gasteiger partial charge < -0.3 is 20.7 Å². The molecule has 1 aromatic carbocycles. The lowest BCUT2D eigenvalue weighted by molar-refractivity contribution is -0.125. The fraction of sp³-hybridized carbons (Fsp3) is 0.308. The number of nitrogens with one attached hydrogen (secondary N) is 3. The highest BCUT2D eigenvalue weighted by molar-refractivity contribution is 7.59. The molecule has 0 unspecified atom stereocenters. The number of aromatic nitrogens is 1. The molecule has 0 bridgehead atoms. The number of rotatable bonds is 9. The second-order valence-electron chi connectivity index (χ2n) is 8.67. The van der Waals surface area contributed by atoms with Crippen molar-refractivity contribution in [3.05, 3.63) is 85.9 Å². The molecule has 3 amide bonds. The molecule has 9 nitrogen and oxygen atoms in total. The number of nitrogens with zero attached hydrogens (tertiary/aromatic N) is 1. The Morgan fingerprint density at radius 2 is 1.64 bits per heavy atom. The minimum absolute atomic E-state index is 0. The number of thiophene rings is 1. The third kappa shape index (κ3) is 8.36. The Labute approximate surface area is 249 Å². The van der Waals surface area contributed by atoms with Gasteiger partial charge in [-0.05, 0) is 55.3 Å². The minimum atomic E-state index is -0.457. The molecule has 1 fully saturated rings. The molecular formula is C26H31ClN4O5S3. The van der Waals surface area contributed by atoms with E-state index >= 15 is 0 Å². The molecule has 3 aromatic rings. The third-order valence-electron chi connectivity index (χ3n) is 6.20. The SMILES string of the molecule is COCCNC(=O)[C@H]1C[C@H](NC(=O)c2ccc(-n3ccccc3=O)cc2)[C@H](NC(=O)c2ccc(Cl)s2)C1.S.S. The van der Waals surface area contributed by atoms with Crippen molar-refractivity contribution in [3.63, 3.8) is 0 Å². The molecule has 1 aliphatic carbocycles. The van der Waals surface area contributed by atoms with Crippen molar-refractivity contribution >= 4 is 67.7 Å². The average molecular weight is 611 g/mol. The Hall–Kier alpha value is -2.77. The highest BCUT2D eigenvalue weighted by atomic mass is 35.5. The molecule has 0 spiro atoms. The van der Waals surface area contributed by atoms with Gasteiger partial charge in [-0.1, -0.05) is 17.7 Å². The zero-order valence-corrected chi connectivity index (χ0v) is 24.7. The van der Waals surface area contributed by atoms with E-state index in [0.29, 0.717) is 46.5 Å². The van der Waals surface area contributed by atoms with E-state index in [-0.39, 0.29) is 56.2 Å². The molecule has 4 rings (SSSR count). The zero-order valence-electron chi connectivity index (χ0n) is 21.1. The summed E-state index contributed by atoms with van der Waals surface area (Å²) in [6.07, 6.45) is 2.41. The molecule has 2 aromatic heterocycles. The number of pyridine rings is 1. The highest BCUT2D eigenvalue weighted by Crippen LogP contribution is 2.28. The largest absolute Gasteiger partial charge is 0.383 e. The van der Waals surface area contributed by atoms with Crippen LogP contribution in [0.15, 0.2) is 65.6 Å². The summed E-state index contributed by atoms with van der Waals surface area (Å²) in [7, 11) is 1.56. The van der Waals surface area contributed by atoms with E-state index in [1.54, 1.807) is 61.8 Å². The maximum atomic E-state index is 13.1. The number of carbonyl (C=O) groups is 3. The Kier molecular flexibility index (Phi) is 12.6. The van der Waals surface area contributed by atoms with Crippen LogP contribution in [0.1, 0.15) is 32.9 Å². The van der Waals surface area contributed by atoms with Crippen molar-refractivity contribution in [2.24, 2.45) is 5.92 Å². The van der Waals surface area contributed by atoms with Crippen LogP contribution in [0.3, 0.4) is 0 Å².